The fourth-order valence-corrected chi connectivity index (χ4v) is 5.34. The molecule has 0 spiro atoms. The van der Waals surface area contributed by atoms with Gasteiger partial charge in [-0.15, -0.1) is 0 Å². The van der Waals surface area contributed by atoms with E-state index >= 15 is 0 Å². The van der Waals surface area contributed by atoms with Crippen LogP contribution in [0.3, 0.4) is 0 Å². The number of ether oxygens (including phenoxy) is 2. The van der Waals surface area contributed by atoms with Crippen molar-refractivity contribution in [2.45, 2.75) is 136 Å². The molecule has 0 aromatic carbocycles. The summed E-state index contributed by atoms with van der Waals surface area (Å²) in [5, 5.41) is 17.7. The molecule has 2 fully saturated rings. The normalized spacial score (nSPS) is 29.5. The van der Waals surface area contributed by atoms with Gasteiger partial charge in [-0.2, -0.15) is 0 Å². The molecule has 45 heavy (non-hydrogen) atoms. The van der Waals surface area contributed by atoms with E-state index in [-0.39, 0.29) is 24.7 Å². The van der Waals surface area contributed by atoms with E-state index in [1.807, 2.05) is 20.8 Å². The van der Waals surface area contributed by atoms with Gasteiger partial charge in [0.25, 0.3) is 0 Å². The topological polar surface area (TPSA) is 130 Å². The highest BCUT2D eigenvalue weighted by molar-refractivity contribution is 5.67. The zero-order chi connectivity index (χ0) is 33.9. The number of carboxylic acids is 2. The van der Waals surface area contributed by atoms with Crippen molar-refractivity contribution in [3.05, 3.63) is 47.6 Å². The van der Waals surface area contributed by atoms with Gasteiger partial charge in [-0.3, -0.25) is 9.59 Å². The molecular weight excluding hydrogens is 580 g/mol. The maximum Gasteiger partial charge on any atom is 0.306 e. The summed E-state index contributed by atoms with van der Waals surface area (Å²) in [6.45, 7) is 12.2. The van der Waals surface area contributed by atoms with Gasteiger partial charge in [-0.25, -0.2) is 19.6 Å². The molecule has 0 aromatic rings. The van der Waals surface area contributed by atoms with Crippen LogP contribution < -0.4 is 0 Å². The number of methoxy groups -OCH3 is 2. The second kappa shape index (κ2) is 21.5. The average molecular weight is 639 g/mol. The molecule has 0 amide bonds. The van der Waals surface area contributed by atoms with Gasteiger partial charge in [0, 0.05) is 39.9 Å². The number of rotatable bonds is 17. The van der Waals surface area contributed by atoms with Crippen molar-refractivity contribution in [3.8, 4) is 0 Å². The lowest BCUT2D eigenvalue weighted by atomic mass is 9.90. The number of carboxylic acid groups (broad SMARTS) is 2. The SMILES string of the molecule is C/C=C(C)/C=C/CCC[C@@]1(OC)C[C@H](C)[C@H](CC(=O)O)OO1.CC/C=C(C)/C=C/CCC[C@@]1(OC)C[C@H](C)[C@H](CC(=O)O)OO1. The molecule has 0 aromatic heterocycles. The molecule has 0 bridgehead atoms. The molecule has 0 radical (unpaired) electrons. The Morgan fingerprint density at radius 3 is 1.56 bits per heavy atom. The van der Waals surface area contributed by atoms with Gasteiger partial charge in [-0.1, -0.05) is 68.4 Å². The molecule has 0 saturated carbocycles. The molecule has 2 heterocycles. The van der Waals surface area contributed by atoms with Gasteiger partial charge in [0.2, 0.25) is 11.6 Å². The third-order valence-electron chi connectivity index (χ3n) is 8.28. The second-order valence-corrected chi connectivity index (χ2v) is 12.2. The van der Waals surface area contributed by atoms with Gasteiger partial charge in [0.05, 0.1) is 12.8 Å². The first-order chi connectivity index (χ1) is 21.3. The first kappa shape index (κ1) is 40.7. The van der Waals surface area contributed by atoms with Crippen LogP contribution in [0.4, 0.5) is 0 Å². The van der Waals surface area contributed by atoms with E-state index in [9.17, 15) is 9.59 Å². The average Bonchev–Trinajstić information content (AvgIpc) is 2.99. The smallest absolute Gasteiger partial charge is 0.306 e. The zero-order valence-corrected chi connectivity index (χ0v) is 28.7. The van der Waals surface area contributed by atoms with Crippen LogP contribution in [0.1, 0.15) is 112 Å². The Kier molecular flexibility index (Phi) is 19.4. The van der Waals surface area contributed by atoms with Crippen molar-refractivity contribution in [1.82, 2.24) is 0 Å². The summed E-state index contributed by atoms with van der Waals surface area (Å²) >= 11 is 0. The summed E-state index contributed by atoms with van der Waals surface area (Å²) in [5.41, 5.74) is 2.51. The van der Waals surface area contributed by atoms with E-state index in [1.165, 1.54) is 11.1 Å². The molecule has 258 valence electrons. The Balaban J connectivity index is 0.000000450. The van der Waals surface area contributed by atoms with E-state index in [2.05, 4.69) is 57.2 Å². The number of carbonyl (C=O) groups is 2. The minimum Gasteiger partial charge on any atom is -0.481 e. The lowest BCUT2D eigenvalue weighted by Crippen LogP contribution is -2.46. The fourth-order valence-electron chi connectivity index (χ4n) is 5.34. The monoisotopic (exact) mass is 638 g/mol. The molecule has 2 rings (SSSR count). The maximum absolute atomic E-state index is 10.8. The van der Waals surface area contributed by atoms with Gasteiger partial charge in [0.15, 0.2) is 0 Å². The van der Waals surface area contributed by atoms with Crippen LogP contribution in [0.5, 0.6) is 0 Å². The van der Waals surface area contributed by atoms with Crippen LogP contribution in [0, 0.1) is 11.8 Å². The summed E-state index contributed by atoms with van der Waals surface area (Å²) in [6, 6.07) is 0. The predicted molar refractivity (Wildman–Crippen MR) is 173 cm³/mol. The fraction of sp³-hybridized carbons (Fsp3) is 0.714. The minimum atomic E-state index is -0.880. The summed E-state index contributed by atoms with van der Waals surface area (Å²) < 4.78 is 11.1. The highest BCUT2D eigenvalue weighted by atomic mass is 17.2. The first-order valence-corrected chi connectivity index (χ1v) is 16.2. The standard InChI is InChI=1S/C18H30O5.C17H28O5/c1-5-9-14(2)10-7-6-8-11-18(21-4)13-15(3)16(22-23-18)12-17(19)20;1-5-13(2)9-7-6-8-10-17(20-4)12-14(3)15(21-22-17)11-16(18)19/h7,9-10,15-16H,5-6,8,11-13H2,1-4H3,(H,19,20);5,7,9,14-15H,6,8,10-12H2,1-4H3,(H,18,19)/b10-7+,14-9+;9-7+,13-5+/t15-,16-,18-;14-,15-,17-/m00/s1. The number of hydrogen-bond donors (Lipinski definition) is 2. The molecule has 2 aliphatic rings. The van der Waals surface area contributed by atoms with Crippen molar-refractivity contribution in [1.29, 1.82) is 0 Å². The van der Waals surface area contributed by atoms with Gasteiger partial charge in [-0.05, 0) is 64.7 Å². The zero-order valence-electron chi connectivity index (χ0n) is 28.7. The number of aliphatic carboxylic acids is 2. The molecule has 0 aliphatic carbocycles. The Labute approximate surface area is 270 Å². The van der Waals surface area contributed by atoms with E-state index in [1.54, 1.807) is 14.2 Å². The molecule has 6 atom stereocenters. The van der Waals surface area contributed by atoms with Gasteiger partial charge >= 0.3 is 11.9 Å². The molecule has 2 saturated heterocycles. The van der Waals surface area contributed by atoms with Crippen LogP contribution in [0.25, 0.3) is 0 Å². The lowest BCUT2D eigenvalue weighted by Gasteiger charge is -2.40. The molecule has 2 aliphatic heterocycles. The third kappa shape index (κ3) is 15.7. The van der Waals surface area contributed by atoms with Crippen LogP contribution in [-0.4, -0.2) is 60.2 Å². The van der Waals surface area contributed by atoms with Crippen LogP contribution in [0.2, 0.25) is 0 Å². The van der Waals surface area contributed by atoms with E-state index < -0.39 is 35.7 Å². The molecule has 0 unspecified atom stereocenters. The van der Waals surface area contributed by atoms with E-state index in [0.717, 1.165) is 32.1 Å². The second-order valence-electron chi connectivity index (χ2n) is 12.2. The summed E-state index contributed by atoms with van der Waals surface area (Å²) in [7, 11) is 3.21. The lowest BCUT2D eigenvalue weighted by molar-refractivity contribution is -0.475. The van der Waals surface area contributed by atoms with Crippen molar-refractivity contribution in [3.63, 3.8) is 0 Å². The molecule has 10 heteroatoms. The summed E-state index contributed by atoms with van der Waals surface area (Å²) in [5.74, 6) is -3.14. The highest BCUT2D eigenvalue weighted by Crippen LogP contribution is 2.38. The van der Waals surface area contributed by atoms with Crippen LogP contribution in [-0.2, 0) is 38.6 Å². The quantitative estimate of drug-likeness (QED) is 0.0915. The predicted octanol–water partition coefficient (Wildman–Crippen LogP) is 8.10. The van der Waals surface area contributed by atoms with Crippen molar-refractivity contribution >= 4 is 11.9 Å². The van der Waals surface area contributed by atoms with Crippen LogP contribution in [0.15, 0.2) is 47.6 Å². The van der Waals surface area contributed by atoms with E-state index in [0.29, 0.717) is 25.7 Å². The van der Waals surface area contributed by atoms with Crippen molar-refractivity contribution in [2.24, 2.45) is 11.8 Å². The third-order valence-corrected chi connectivity index (χ3v) is 8.28. The first-order valence-electron chi connectivity index (χ1n) is 16.2. The molecule has 2 N–H and O–H groups in total. The Morgan fingerprint density at radius 2 is 1.22 bits per heavy atom. The highest BCUT2D eigenvalue weighted by Gasteiger charge is 2.43. The number of hydrogen-bond acceptors (Lipinski definition) is 8. The van der Waals surface area contributed by atoms with E-state index in [4.69, 9.17) is 39.2 Å². The van der Waals surface area contributed by atoms with Gasteiger partial charge < -0.3 is 19.7 Å². The Morgan fingerprint density at radius 1 is 0.800 bits per heavy atom. The van der Waals surface area contributed by atoms with Crippen molar-refractivity contribution < 1.29 is 48.8 Å². The Hall–Kier alpha value is -2.34. The summed E-state index contributed by atoms with van der Waals surface area (Å²) in [4.78, 5) is 43.1. The Bertz CT molecular complexity index is 1000. The summed E-state index contributed by atoms with van der Waals surface area (Å²) in [6.07, 6.45) is 19.3. The number of allylic oxidation sites excluding steroid dienone is 8. The van der Waals surface area contributed by atoms with Crippen LogP contribution >= 0.6 is 0 Å². The van der Waals surface area contributed by atoms with Crippen molar-refractivity contribution in [2.75, 3.05) is 14.2 Å². The largest absolute Gasteiger partial charge is 0.481 e. The molecular formula is C35H58O10. The molecule has 10 nitrogen and oxygen atoms in total. The maximum atomic E-state index is 10.8. The number of unbranched alkanes of at least 4 members (excludes halogenated alkanes) is 2. The minimum absolute atomic E-state index is 0.0489. The van der Waals surface area contributed by atoms with Gasteiger partial charge in [0.1, 0.15) is 12.2 Å².